The topological polar surface area (TPSA) is 75.6 Å². The van der Waals surface area contributed by atoms with E-state index >= 15 is 0 Å². The van der Waals surface area contributed by atoms with Gasteiger partial charge in [-0.1, -0.05) is 18.6 Å². The number of anilines is 1. The van der Waals surface area contributed by atoms with Crippen LogP contribution in [0.25, 0.3) is 0 Å². The van der Waals surface area contributed by atoms with Crippen LogP contribution in [0.5, 0.6) is 0 Å². The molecule has 1 rings (SSSR count). The van der Waals surface area contributed by atoms with Gasteiger partial charge in [0.05, 0.1) is 12.7 Å². The molecule has 0 aliphatic rings. The molecular formula is C13H17NO4. The van der Waals surface area contributed by atoms with E-state index in [1.165, 1.54) is 7.11 Å². The molecule has 1 atom stereocenters. The molecular weight excluding hydrogens is 234 g/mol. The number of nitrogens with one attached hydrogen (secondary N) is 1. The first kappa shape index (κ1) is 14.0. The molecule has 0 amide bonds. The van der Waals surface area contributed by atoms with Crippen LogP contribution < -0.4 is 5.32 Å². The van der Waals surface area contributed by atoms with Crippen molar-refractivity contribution in [1.82, 2.24) is 0 Å². The van der Waals surface area contributed by atoms with Crippen LogP contribution in [0.2, 0.25) is 0 Å². The number of esters is 1. The Morgan fingerprint density at radius 3 is 2.61 bits per heavy atom. The minimum absolute atomic E-state index is 0.345. The smallest absolute Gasteiger partial charge is 0.339 e. The molecule has 0 fully saturated rings. The van der Waals surface area contributed by atoms with Gasteiger partial charge in [-0.25, -0.2) is 9.59 Å². The number of hydrogen-bond donors (Lipinski definition) is 2. The van der Waals surface area contributed by atoms with Gasteiger partial charge in [-0.2, -0.15) is 0 Å². The zero-order valence-electron chi connectivity index (χ0n) is 10.7. The number of carbonyl (C=O) groups excluding carboxylic acids is 1. The third kappa shape index (κ3) is 3.23. The van der Waals surface area contributed by atoms with Crippen LogP contribution in [0.15, 0.2) is 18.2 Å². The van der Waals surface area contributed by atoms with Crippen molar-refractivity contribution in [1.29, 1.82) is 0 Å². The van der Waals surface area contributed by atoms with Crippen molar-refractivity contribution in [3.05, 3.63) is 29.3 Å². The van der Waals surface area contributed by atoms with E-state index in [1.807, 2.05) is 13.0 Å². The minimum Gasteiger partial charge on any atom is -0.480 e. The summed E-state index contributed by atoms with van der Waals surface area (Å²) >= 11 is 0. The Hall–Kier alpha value is -2.04. The second-order valence-electron chi connectivity index (χ2n) is 3.98. The van der Waals surface area contributed by atoms with E-state index in [-0.39, 0.29) is 0 Å². The molecule has 0 spiro atoms. The van der Waals surface area contributed by atoms with E-state index in [2.05, 4.69) is 10.1 Å². The van der Waals surface area contributed by atoms with E-state index in [4.69, 9.17) is 5.11 Å². The lowest BCUT2D eigenvalue weighted by atomic mass is 10.1. The second-order valence-corrected chi connectivity index (χ2v) is 3.98. The molecule has 5 nitrogen and oxygen atoms in total. The molecule has 5 heteroatoms. The largest absolute Gasteiger partial charge is 0.480 e. The van der Waals surface area contributed by atoms with Crippen LogP contribution in [0.4, 0.5) is 5.69 Å². The maximum absolute atomic E-state index is 11.6. The molecule has 0 heterocycles. The SMILES string of the molecule is CCC(Nc1ccc(C)cc1C(=O)OC)C(=O)O. The Balaban J connectivity index is 3.08. The fraction of sp³-hybridized carbons (Fsp3) is 0.385. The summed E-state index contributed by atoms with van der Waals surface area (Å²) in [6.07, 6.45) is 0.420. The van der Waals surface area contributed by atoms with Crippen molar-refractivity contribution in [2.24, 2.45) is 0 Å². The summed E-state index contributed by atoms with van der Waals surface area (Å²) in [5.41, 5.74) is 1.73. The standard InChI is InChI=1S/C13H17NO4/c1-4-10(12(15)16)14-11-6-5-8(2)7-9(11)13(17)18-3/h5-7,10,14H,4H2,1-3H3,(H,15,16). The van der Waals surface area contributed by atoms with E-state index in [9.17, 15) is 9.59 Å². The molecule has 0 aliphatic carbocycles. The summed E-state index contributed by atoms with van der Waals surface area (Å²) in [5, 5.41) is 11.8. The number of carboxylic acids is 1. The van der Waals surface area contributed by atoms with Gasteiger partial charge in [0.2, 0.25) is 0 Å². The summed E-state index contributed by atoms with van der Waals surface area (Å²) in [7, 11) is 1.29. The minimum atomic E-state index is -0.950. The zero-order chi connectivity index (χ0) is 13.7. The third-order valence-corrected chi connectivity index (χ3v) is 2.62. The van der Waals surface area contributed by atoms with Gasteiger partial charge in [-0.05, 0) is 25.5 Å². The molecule has 0 saturated carbocycles. The van der Waals surface area contributed by atoms with Crippen LogP contribution in [0, 0.1) is 6.92 Å². The van der Waals surface area contributed by atoms with Crippen molar-refractivity contribution in [3.63, 3.8) is 0 Å². The fourth-order valence-corrected chi connectivity index (χ4v) is 1.59. The Morgan fingerprint density at radius 1 is 1.44 bits per heavy atom. The van der Waals surface area contributed by atoms with Crippen LogP contribution >= 0.6 is 0 Å². The first-order chi connectivity index (χ1) is 8.49. The Bertz CT molecular complexity index is 456. The second kappa shape index (κ2) is 6.05. The predicted molar refractivity (Wildman–Crippen MR) is 67.9 cm³/mol. The van der Waals surface area contributed by atoms with Gasteiger partial charge in [0.1, 0.15) is 6.04 Å². The number of aryl methyl sites for hydroxylation is 1. The lowest BCUT2D eigenvalue weighted by Crippen LogP contribution is -2.29. The number of methoxy groups -OCH3 is 1. The summed E-state index contributed by atoms with van der Waals surface area (Å²) in [5.74, 6) is -1.43. The van der Waals surface area contributed by atoms with Crippen LogP contribution in [0.3, 0.4) is 0 Å². The van der Waals surface area contributed by atoms with Crippen molar-refractivity contribution in [2.45, 2.75) is 26.3 Å². The number of hydrogen-bond acceptors (Lipinski definition) is 4. The highest BCUT2D eigenvalue weighted by Gasteiger charge is 2.18. The number of carboxylic acid groups (broad SMARTS) is 1. The van der Waals surface area contributed by atoms with Crippen LogP contribution in [-0.4, -0.2) is 30.2 Å². The Kier molecular flexibility index (Phi) is 4.71. The lowest BCUT2D eigenvalue weighted by Gasteiger charge is -2.16. The van der Waals surface area contributed by atoms with Gasteiger partial charge >= 0.3 is 11.9 Å². The predicted octanol–water partition coefficient (Wildman–Crippen LogP) is 2.06. The van der Waals surface area contributed by atoms with Crippen molar-refractivity contribution in [2.75, 3.05) is 12.4 Å². The first-order valence-electron chi connectivity index (χ1n) is 5.67. The van der Waals surface area contributed by atoms with Crippen molar-refractivity contribution >= 4 is 17.6 Å². The molecule has 0 aromatic heterocycles. The summed E-state index contributed by atoms with van der Waals surface area (Å²) in [6, 6.07) is 4.44. The molecule has 1 unspecified atom stereocenters. The average molecular weight is 251 g/mol. The molecule has 2 N–H and O–H groups in total. The number of carbonyl (C=O) groups is 2. The molecule has 98 valence electrons. The van der Waals surface area contributed by atoms with Crippen molar-refractivity contribution < 1.29 is 19.4 Å². The average Bonchev–Trinajstić information content (AvgIpc) is 2.35. The zero-order valence-corrected chi connectivity index (χ0v) is 10.7. The first-order valence-corrected chi connectivity index (χ1v) is 5.67. The highest BCUT2D eigenvalue weighted by molar-refractivity contribution is 5.96. The van der Waals surface area contributed by atoms with Gasteiger partial charge in [0.15, 0.2) is 0 Å². The lowest BCUT2D eigenvalue weighted by molar-refractivity contribution is -0.137. The quantitative estimate of drug-likeness (QED) is 0.783. The Labute approximate surface area is 106 Å². The molecule has 0 radical (unpaired) electrons. The van der Waals surface area contributed by atoms with Gasteiger partial charge in [-0.15, -0.1) is 0 Å². The van der Waals surface area contributed by atoms with Gasteiger partial charge in [0, 0.05) is 5.69 Å². The van der Waals surface area contributed by atoms with Crippen LogP contribution in [-0.2, 0) is 9.53 Å². The fourth-order valence-electron chi connectivity index (χ4n) is 1.59. The molecule has 0 aliphatic heterocycles. The summed E-state index contributed by atoms with van der Waals surface area (Å²) in [4.78, 5) is 22.6. The maximum atomic E-state index is 11.6. The molecule has 18 heavy (non-hydrogen) atoms. The van der Waals surface area contributed by atoms with Crippen molar-refractivity contribution in [3.8, 4) is 0 Å². The number of aliphatic carboxylic acids is 1. The summed E-state index contributed by atoms with van der Waals surface area (Å²) < 4.78 is 4.68. The van der Waals surface area contributed by atoms with Crippen LogP contribution in [0.1, 0.15) is 29.3 Å². The third-order valence-electron chi connectivity index (χ3n) is 2.62. The summed E-state index contributed by atoms with van der Waals surface area (Å²) in [6.45, 7) is 3.61. The monoisotopic (exact) mass is 251 g/mol. The van der Waals surface area contributed by atoms with E-state index in [0.717, 1.165) is 5.56 Å². The van der Waals surface area contributed by atoms with Gasteiger partial charge in [0.25, 0.3) is 0 Å². The Morgan fingerprint density at radius 2 is 2.11 bits per heavy atom. The number of benzene rings is 1. The van der Waals surface area contributed by atoms with E-state index in [1.54, 1.807) is 19.1 Å². The number of ether oxygens (including phenoxy) is 1. The van der Waals surface area contributed by atoms with Gasteiger partial charge < -0.3 is 15.2 Å². The molecule has 0 saturated heterocycles. The highest BCUT2D eigenvalue weighted by atomic mass is 16.5. The normalized spacial score (nSPS) is 11.7. The van der Waals surface area contributed by atoms with E-state index < -0.39 is 18.0 Å². The van der Waals surface area contributed by atoms with E-state index in [0.29, 0.717) is 17.7 Å². The molecule has 1 aromatic carbocycles. The number of rotatable bonds is 5. The highest BCUT2D eigenvalue weighted by Crippen LogP contribution is 2.20. The van der Waals surface area contributed by atoms with Gasteiger partial charge in [-0.3, -0.25) is 0 Å². The molecule has 1 aromatic rings. The molecule has 0 bridgehead atoms. The maximum Gasteiger partial charge on any atom is 0.339 e.